The number of hydrogen-bond donors (Lipinski definition) is 1. The summed E-state index contributed by atoms with van der Waals surface area (Å²) in [6, 6.07) is 11.2. The third-order valence-corrected chi connectivity index (χ3v) is 3.14. The molecule has 16 heavy (non-hydrogen) atoms. The summed E-state index contributed by atoms with van der Waals surface area (Å²) < 4.78 is 0. The lowest BCUT2D eigenvalue weighted by Crippen LogP contribution is -2.24. The maximum atomic E-state index is 3.60. The predicted molar refractivity (Wildman–Crippen MR) is 75.0 cm³/mol. The van der Waals surface area contributed by atoms with Crippen LogP contribution in [0, 0.1) is 0 Å². The molecule has 0 spiro atoms. The van der Waals surface area contributed by atoms with Gasteiger partial charge in [-0.25, -0.2) is 0 Å². The molecule has 1 unspecified atom stereocenters. The zero-order valence-electron chi connectivity index (χ0n) is 10.1. The molecule has 1 aromatic carbocycles. The molecule has 0 aliphatic carbocycles. The van der Waals surface area contributed by atoms with E-state index in [9.17, 15) is 0 Å². The summed E-state index contributed by atoms with van der Waals surface area (Å²) in [7, 11) is 0. The van der Waals surface area contributed by atoms with Gasteiger partial charge in [0.25, 0.3) is 0 Å². The first kappa shape index (κ1) is 13.3. The summed E-state index contributed by atoms with van der Waals surface area (Å²) >= 11 is 1.89. The predicted octanol–water partition coefficient (Wildman–Crippen LogP) is 3.65. The second-order valence-electron chi connectivity index (χ2n) is 3.73. The van der Waals surface area contributed by atoms with Crippen LogP contribution in [0.25, 0.3) is 0 Å². The van der Waals surface area contributed by atoms with E-state index in [2.05, 4.69) is 61.0 Å². The highest BCUT2D eigenvalue weighted by atomic mass is 32.2. The Bertz CT molecular complexity index is 295. The molecule has 1 aromatic rings. The second-order valence-corrected chi connectivity index (χ2v) is 4.64. The zero-order valence-corrected chi connectivity index (χ0v) is 11.0. The molecule has 1 atom stereocenters. The van der Waals surface area contributed by atoms with E-state index in [0.29, 0.717) is 6.04 Å². The maximum absolute atomic E-state index is 3.60. The minimum Gasteiger partial charge on any atom is -0.309 e. The molecule has 0 bridgehead atoms. The number of thioether (sulfide) groups is 1. The zero-order chi connectivity index (χ0) is 11.6. The number of nitrogens with one attached hydrogen (secondary N) is 1. The first-order valence-electron chi connectivity index (χ1n) is 5.77. The summed E-state index contributed by atoms with van der Waals surface area (Å²) in [6.45, 7) is 3.11. The van der Waals surface area contributed by atoms with Gasteiger partial charge in [-0.1, -0.05) is 42.5 Å². The van der Waals surface area contributed by atoms with Gasteiger partial charge in [0.2, 0.25) is 0 Å². The maximum Gasteiger partial charge on any atom is 0.0411 e. The van der Waals surface area contributed by atoms with Crippen LogP contribution in [0.1, 0.15) is 24.9 Å². The Morgan fingerprint density at radius 1 is 1.31 bits per heavy atom. The van der Waals surface area contributed by atoms with Gasteiger partial charge in [0.05, 0.1) is 0 Å². The van der Waals surface area contributed by atoms with Crippen LogP contribution in [0.15, 0.2) is 42.5 Å². The number of hydrogen-bond acceptors (Lipinski definition) is 2. The van der Waals surface area contributed by atoms with E-state index in [1.54, 1.807) is 0 Å². The van der Waals surface area contributed by atoms with Crippen molar-refractivity contribution in [2.75, 3.05) is 18.6 Å². The highest BCUT2D eigenvalue weighted by Crippen LogP contribution is 2.16. The average molecular weight is 235 g/mol. The highest BCUT2D eigenvalue weighted by molar-refractivity contribution is 7.98. The fraction of sp³-hybridized carbons (Fsp3) is 0.429. The molecule has 0 heterocycles. The molecule has 0 amide bonds. The van der Waals surface area contributed by atoms with Gasteiger partial charge in [0, 0.05) is 11.8 Å². The van der Waals surface area contributed by atoms with Crippen LogP contribution in [0.3, 0.4) is 0 Å². The molecule has 2 heteroatoms. The molecule has 0 aromatic heterocycles. The summed E-state index contributed by atoms with van der Waals surface area (Å²) in [4.78, 5) is 0. The SMILES string of the molecule is C/C=C/CCNC(CSC)c1ccccc1. The molecule has 88 valence electrons. The molecule has 1 nitrogen and oxygen atoms in total. The summed E-state index contributed by atoms with van der Waals surface area (Å²) in [5, 5.41) is 3.60. The third kappa shape index (κ3) is 4.86. The Morgan fingerprint density at radius 3 is 2.69 bits per heavy atom. The lowest BCUT2D eigenvalue weighted by Gasteiger charge is -2.17. The van der Waals surface area contributed by atoms with E-state index in [0.717, 1.165) is 18.7 Å². The van der Waals surface area contributed by atoms with Gasteiger partial charge in [0.1, 0.15) is 0 Å². The molecule has 0 saturated heterocycles. The lowest BCUT2D eigenvalue weighted by atomic mass is 10.1. The standard InChI is InChI=1S/C14H21NS/c1-3-4-8-11-15-14(12-16-2)13-9-6-5-7-10-13/h3-7,9-10,14-15H,8,11-12H2,1-2H3/b4-3+. The van der Waals surface area contributed by atoms with Crippen molar-refractivity contribution < 1.29 is 0 Å². The minimum absolute atomic E-state index is 0.474. The monoisotopic (exact) mass is 235 g/mol. The largest absolute Gasteiger partial charge is 0.309 e. The van der Waals surface area contributed by atoms with Crippen molar-refractivity contribution in [1.82, 2.24) is 5.32 Å². The Hall–Kier alpha value is -0.730. The highest BCUT2D eigenvalue weighted by Gasteiger charge is 2.08. The van der Waals surface area contributed by atoms with Crippen LogP contribution in [0.2, 0.25) is 0 Å². The molecule has 0 saturated carbocycles. The molecule has 0 fully saturated rings. The first-order chi connectivity index (χ1) is 7.88. The quantitative estimate of drug-likeness (QED) is 0.572. The van der Waals surface area contributed by atoms with Crippen molar-refractivity contribution >= 4 is 11.8 Å². The molecular weight excluding hydrogens is 214 g/mol. The first-order valence-corrected chi connectivity index (χ1v) is 7.16. The molecule has 1 rings (SSSR count). The smallest absolute Gasteiger partial charge is 0.0411 e. The average Bonchev–Trinajstić information content (AvgIpc) is 2.34. The molecule has 0 aliphatic rings. The molecule has 0 aliphatic heterocycles. The van der Waals surface area contributed by atoms with Crippen LogP contribution in [-0.4, -0.2) is 18.6 Å². The van der Waals surface area contributed by atoms with E-state index in [4.69, 9.17) is 0 Å². The van der Waals surface area contributed by atoms with E-state index >= 15 is 0 Å². The molecular formula is C14H21NS. The fourth-order valence-electron chi connectivity index (χ4n) is 1.63. The minimum atomic E-state index is 0.474. The fourth-order valence-corrected chi connectivity index (χ4v) is 2.28. The lowest BCUT2D eigenvalue weighted by molar-refractivity contribution is 0.588. The van der Waals surface area contributed by atoms with E-state index in [1.807, 2.05) is 11.8 Å². The van der Waals surface area contributed by atoms with Crippen molar-refractivity contribution in [3.05, 3.63) is 48.0 Å². The van der Waals surface area contributed by atoms with E-state index in [1.165, 1.54) is 5.56 Å². The van der Waals surface area contributed by atoms with Crippen molar-refractivity contribution in [2.45, 2.75) is 19.4 Å². The Kier molecular flexibility index (Phi) is 7.02. The van der Waals surface area contributed by atoms with Gasteiger partial charge in [0.15, 0.2) is 0 Å². The van der Waals surface area contributed by atoms with Gasteiger partial charge in [-0.2, -0.15) is 11.8 Å². The van der Waals surface area contributed by atoms with Crippen molar-refractivity contribution in [2.24, 2.45) is 0 Å². The number of benzene rings is 1. The topological polar surface area (TPSA) is 12.0 Å². The summed E-state index contributed by atoms with van der Waals surface area (Å²) in [5.74, 6) is 1.12. The Labute approximate surface area is 103 Å². The van der Waals surface area contributed by atoms with Gasteiger partial charge in [-0.3, -0.25) is 0 Å². The molecule has 0 radical (unpaired) electrons. The van der Waals surface area contributed by atoms with Gasteiger partial charge >= 0.3 is 0 Å². The number of rotatable bonds is 7. The van der Waals surface area contributed by atoms with Crippen molar-refractivity contribution in [3.8, 4) is 0 Å². The Morgan fingerprint density at radius 2 is 2.06 bits per heavy atom. The van der Waals surface area contributed by atoms with Gasteiger partial charge in [-0.05, 0) is 31.7 Å². The van der Waals surface area contributed by atoms with Crippen molar-refractivity contribution in [1.29, 1.82) is 0 Å². The van der Waals surface area contributed by atoms with E-state index < -0.39 is 0 Å². The number of allylic oxidation sites excluding steroid dienone is 1. The Balaban J connectivity index is 2.47. The van der Waals surface area contributed by atoms with Crippen LogP contribution in [0.5, 0.6) is 0 Å². The van der Waals surface area contributed by atoms with Crippen molar-refractivity contribution in [3.63, 3.8) is 0 Å². The summed E-state index contributed by atoms with van der Waals surface area (Å²) in [5.41, 5.74) is 1.39. The van der Waals surface area contributed by atoms with E-state index in [-0.39, 0.29) is 0 Å². The van der Waals surface area contributed by atoms with Crippen LogP contribution >= 0.6 is 11.8 Å². The molecule has 1 N–H and O–H groups in total. The third-order valence-electron chi connectivity index (χ3n) is 2.47. The van der Waals surface area contributed by atoms with Gasteiger partial charge < -0.3 is 5.32 Å². The van der Waals surface area contributed by atoms with Gasteiger partial charge in [-0.15, -0.1) is 0 Å². The van der Waals surface area contributed by atoms with Crippen LogP contribution in [-0.2, 0) is 0 Å². The normalized spacial score (nSPS) is 13.1. The summed E-state index contributed by atoms with van der Waals surface area (Å²) in [6.07, 6.45) is 7.57. The van der Waals surface area contributed by atoms with Crippen LogP contribution in [0.4, 0.5) is 0 Å². The second kappa shape index (κ2) is 8.43. The van der Waals surface area contributed by atoms with Crippen LogP contribution < -0.4 is 5.32 Å².